The normalized spacial score (nSPS) is 16.7. The number of nitrogens with two attached hydrogens (primary N) is 1. The first kappa shape index (κ1) is 24.7. The molecule has 0 spiro atoms. The van der Waals surface area contributed by atoms with E-state index in [-0.39, 0.29) is 11.8 Å². The predicted octanol–water partition coefficient (Wildman–Crippen LogP) is 2.70. The standard InChI is InChI=1S/C28H32N6O3/c1-5-24(35)33-12-10-20(11-13-33)34-15-18(16-34)6-8-21-25(19-7-9-22(36-3)23(14-19)37-4)26-27(29)30-17-31-28(26)32(21)2/h5,7,9,14,17-18,20H,1,10-13,15-16H2,2-4H3,(H2,29,30,31). The van der Waals surface area contributed by atoms with E-state index in [4.69, 9.17) is 15.2 Å². The van der Waals surface area contributed by atoms with Crippen LogP contribution in [-0.2, 0) is 11.8 Å². The van der Waals surface area contributed by atoms with Gasteiger partial charge < -0.3 is 24.7 Å². The van der Waals surface area contributed by atoms with Crippen LogP contribution < -0.4 is 15.2 Å². The average molecular weight is 501 g/mol. The second kappa shape index (κ2) is 10.1. The van der Waals surface area contributed by atoms with E-state index in [2.05, 4.69) is 33.3 Å². The van der Waals surface area contributed by atoms with Crippen LogP contribution in [-0.4, -0.2) is 76.7 Å². The lowest BCUT2D eigenvalue weighted by atomic mass is 9.93. The summed E-state index contributed by atoms with van der Waals surface area (Å²) in [4.78, 5) is 24.9. The van der Waals surface area contributed by atoms with Crippen LogP contribution in [0.1, 0.15) is 18.5 Å². The van der Waals surface area contributed by atoms with Crippen molar-refractivity contribution in [2.45, 2.75) is 18.9 Å². The van der Waals surface area contributed by atoms with E-state index in [1.165, 1.54) is 12.4 Å². The number of likely N-dealkylation sites (tertiary alicyclic amines) is 2. The summed E-state index contributed by atoms with van der Waals surface area (Å²) in [6, 6.07) is 6.28. The lowest BCUT2D eigenvalue weighted by Gasteiger charge is -2.45. The van der Waals surface area contributed by atoms with Crippen molar-refractivity contribution in [1.82, 2.24) is 24.3 Å². The van der Waals surface area contributed by atoms with Gasteiger partial charge in [-0.05, 0) is 42.5 Å². The van der Waals surface area contributed by atoms with Crippen LogP contribution in [0.15, 0.2) is 37.2 Å². The Morgan fingerprint density at radius 3 is 2.57 bits per heavy atom. The highest BCUT2D eigenvalue weighted by atomic mass is 16.5. The van der Waals surface area contributed by atoms with Crippen LogP contribution in [0.4, 0.5) is 5.82 Å². The number of hydrogen-bond donors (Lipinski definition) is 1. The third-order valence-corrected chi connectivity index (χ3v) is 7.44. The molecule has 3 aromatic rings. The van der Waals surface area contributed by atoms with Gasteiger partial charge in [0.1, 0.15) is 23.5 Å². The number of nitrogens with zero attached hydrogens (tertiary/aromatic N) is 5. The largest absolute Gasteiger partial charge is 0.493 e. The zero-order chi connectivity index (χ0) is 26.1. The van der Waals surface area contributed by atoms with Gasteiger partial charge in [-0.15, -0.1) is 0 Å². The van der Waals surface area contributed by atoms with Crippen molar-refractivity contribution in [3.8, 4) is 34.5 Å². The topological polar surface area (TPSA) is 98.7 Å². The van der Waals surface area contributed by atoms with Gasteiger partial charge in [-0.1, -0.05) is 18.6 Å². The average Bonchev–Trinajstić information content (AvgIpc) is 3.19. The van der Waals surface area contributed by atoms with Crippen LogP contribution in [0.5, 0.6) is 11.5 Å². The van der Waals surface area contributed by atoms with Gasteiger partial charge in [-0.25, -0.2) is 9.97 Å². The van der Waals surface area contributed by atoms with Crippen molar-refractivity contribution in [2.75, 3.05) is 46.1 Å². The van der Waals surface area contributed by atoms with E-state index in [0.717, 1.165) is 66.9 Å². The van der Waals surface area contributed by atoms with Gasteiger partial charge >= 0.3 is 0 Å². The molecule has 192 valence electrons. The van der Waals surface area contributed by atoms with Crippen molar-refractivity contribution in [2.24, 2.45) is 13.0 Å². The molecule has 0 bridgehead atoms. The number of nitrogen functional groups attached to an aromatic ring is 1. The van der Waals surface area contributed by atoms with Crippen LogP contribution in [0.25, 0.3) is 22.2 Å². The Kier molecular flexibility index (Phi) is 6.76. The van der Waals surface area contributed by atoms with Gasteiger partial charge in [0.05, 0.1) is 19.6 Å². The second-order valence-electron chi connectivity index (χ2n) is 9.49. The number of methoxy groups -OCH3 is 2. The van der Waals surface area contributed by atoms with Gasteiger partial charge in [0.2, 0.25) is 5.91 Å². The van der Waals surface area contributed by atoms with Gasteiger partial charge in [0.25, 0.3) is 0 Å². The summed E-state index contributed by atoms with van der Waals surface area (Å²) in [6.45, 7) is 7.04. The Morgan fingerprint density at radius 1 is 1.16 bits per heavy atom. The first-order valence-electron chi connectivity index (χ1n) is 12.4. The molecule has 0 saturated carbocycles. The molecule has 2 aromatic heterocycles. The third kappa shape index (κ3) is 4.49. The number of fused-ring (bicyclic) bond motifs is 1. The van der Waals surface area contributed by atoms with Crippen molar-refractivity contribution >= 4 is 22.8 Å². The molecule has 37 heavy (non-hydrogen) atoms. The molecule has 2 fully saturated rings. The Labute approximate surface area is 216 Å². The molecule has 2 aliphatic heterocycles. The molecule has 1 aromatic carbocycles. The fourth-order valence-electron chi connectivity index (χ4n) is 5.35. The van der Waals surface area contributed by atoms with E-state index in [1.807, 2.05) is 34.7 Å². The number of carbonyl (C=O) groups is 1. The number of aromatic nitrogens is 3. The number of rotatable bonds is 5. The maximum atomic E-state index is 11.9. The summed E-state index contributed by atoms with van der Waals surface area (Å²) >= 11 is 0. The molecular weight excluding hydrogens is 468 g/mol. The number of piperidine rings is 1. The number of benzene rings is 1. The molecule has 2 aliphatic rings. The highest BCUT2D eigenvalue weighted by Crippen LogP contribution is 2.39. The molecule has 2 N–H and O–H groups in total. The Bertz CT molecular complexity index is 1400. The lowest BCUT2D eigenvalue weighted by molar-refractivity contribution is -0.127. The molecule has 0 unspecified atom stereocenters. The van der Waals surface area contributed by atoms with Crippen molar-refractivity contribution in [3.63, 3.8) is 0 Å². The zero-order valence-electron chi connectivity index (χ0n) is 21.5. The van der Waals surface area contributed by atoms with Gasteiger partial charge in [0.15, 0.2) is 11.5 Å². The summed E-state index contributed by atoms with van der Waals surface area (Å²) in [5.74, 6) is 8.93. The first-order valence-corrected chi connectivity index (χ1v) is 12.4. The van der Waals surface area contributed by atoms with Crippen molar-refractivity contribution in [3.05, 3.63) is 42.9 Å². The monoisotopic (exact) mass is 500 g/mol. The number of anilines is 1. The highest BCUT2D eigenvalue weighted by Gasteiger charge is 2.34. The summed E-state index contributed by atoms with van der Waals surface area (Å²) < 4.78 is 12.9. The second-order valence-corrected chi connectivity index (χ2v) is 9.49. The number of ether oxygens (including phenoxy) is 2. The first-order chi connectivity index (χ1) is 17.9. The van der Waals surface area contributed by atoms with Crippen LogP contribution in [0, 0.1) is 17.8 Å². The SMILES string of the molecule is C=CC(=O)N1CCC(N2CC(C#Cc3c(-c4ccc(OC)c(OC)c4)c4c(N)ncnc4n3C)C2)CC1. The smallest absolute Gasteiger partial charge is 0.245 e. The van der Waals surface area contributed by atoms with Crippen LogP contribution in [0.3, 0.4) is 0 Å². The molecule has 9 heteroatoms. The Hall–Kier alpha value is -4.03. The summed E-state index contributed by atoms with van der Waals surface area (Å²) in [5.41, 5.74) is 9.70. The molecular formula is C28H32N6O3. The predicted molar refractivity (Wildman–Crippen MR) is 143 cm³/mol. The Balaban J connectivity index is 1.40. The van der Waals surface area contributed by atoms with Crippen LogP contribution >= 0.6 is 0 Å². The quantitative estimate of drug-likeness (QED) is 0.425. The Morgan fingerprint density at radius 2 is 1.89 bits per heavy atom. The molecule has 1 amide bonds. The molecule has 9 nitrogen and oxygen atoms in total. The summed E-state index contributed by atoms with van der Waals surface area (Å²) in [5, 5.41) is 0.776. The minimum Gasteiger partial charge on any atom is -0.493 e. The fourth-order valence-corrected chi connectivity index (χ4v) is 5.35. The lowest BCUT2D eigenvalue weighted by Crippen LogP contribution is -2.55. The van der Waals surface area contributed by atoms with E-state index >= 15 is 0 Å². The molecule has 5 rings (SSSR count). The summed E-state index contributed by atoms with van der Waals surface area (Å²) in [6.07, 6.45) is 4.86. The zero-order valence-corrected chi connectivity index (χ0v) is 21.5. The van der Waals surface area contributed by atoms with E-state index in [9.17, 15) is 4.79 Å². The van der Waals surface area contributed by atoms with Gasteiger partial charge in [-0.3, -0.25) is 9.69 Å². The van der Waals surface area contributed by atoms with Crippen molar-refractivity contribution < 1.29 is 14.3 Å². The van der Waals surface area contributed by atoms with Crippen LogP contribution in [0.2, 0.25) is 0 Å². The van der Waals surface area contributed by atoms with E-state index in [1.54, 1.807) is 14.2 Å². The maximum Gasteiger partial charge on any atom is 0.245 e. The number of aryl methyl sites for hydroxylation is 1. The fraction of sp³-hybridized carbons (Fsp3) is 0.393. The maximum absolute atomic E-state index is 11.9. The third-order valence-electron chi connectivity index (χ3n) is 7.44. The number of hydrogen-bond acceptors (Lipinski definition) is 7. The molecule has 4 heterocycles. The highest BCUT2D eigenvalue weighted by molar-refractivity contribution is 6.03. The molecule has 0 radical (unpaired) electrons. The number of carbonyl (C=O) groups excluding carboxylic acids is 1. The molecule has 0 atom stereocenters. The number of amides is 1. The van der Waals surface area contributed by atoms with E-state index in [0.29, 0.717) is 23.4 Å². The molecule has 2 saturated heterocycles. The van der Waals surface area contributed by atoms with Crippen molar-refractivity contribution in [1.29, 1.82) is 0 Å². The van der Waals surface area contributed by atoms with Gasteiger partial charge in [0, 0.05) is 50.7 Å². The van der Waals surface area contributed by atoms with Gasteiger partial charge in [-0.2, -0.15) is 0 Å². The minimum absolute atomic E-state index is 0.0244. The molecule has 0 aliphatic carbocycles. The summed E-state index contributed by atoms with van der Waals surface area (Å²) in [7, 11) is 5.19. The minimum atomic E-state index is 0.0244. The van der Waals surface area contributed by atoms with E-state index < -0.39 is 0 Å².